The van der Waals surface area contributed by atoms with Gasteiger partial charge in [-0.2, -0.15) is 13.2 Å². The minimum Gasteiger partial charge on any atom is -0.280 e. The Bertz CT molecular complexity index is 950. The van der Waals surface area contributed by atoms with E-state index in [0.717, 1.165) is 42.7 Å². The number of benzene rings is 2. The predicted octanol–water partition coefficient (Wildman–Crippen LogP) is 2.91. The van der Waals surface area contributed by atoms with E-state index >= 15 is 0 Å². The number of anilines is 1. The number of alkyl halides is 3. The van der Waals surface area contributed by atoms with Crippen molar-refractivity contribution in [3.05, 3.63) is 54.1 Å². The second-order valence-corrected chi connectivity index (χ2v) is 8.63. The zero-order valence-corrected chi connectivity index (χ0v) is 13.8. The van der Waals surface area contributed by atoms with Crippen LogP contribution in [0.5, 0.6) is 0 Å². The fraction of sp³-hybridized carbons (Fsp3) is 0.143. The number of sulfonamides is 1. The number of nitrogens with one attached hydrogen (secondary N) is 1. The average Bonchev–Trinajstić information content (AvgIpc) is 2.45. The van der Waals surface area contributed by atoms with Gasteiger partial charge in [0.05, 0.1) is 15.4 Å². The zero-order chi connectivity index (χ0) is 18.2. The van der Waals surface area contributed by atoms with Crippen LogP contribution in [0.3, 0.4) is 0 Å². The lowest BCUT2D eigenvalue weighted by Crippen LogP contribution is -2.14. The largest absolute Gasteiger partial charge is 0.416 e. The third kappa shape index (κ3) is 4.26. The first kappa shape index (κ1) is 18.3. The summed E-state index contributed by atoms with van der Waals surface area (Å²) in [6.07, 6.45) is -3.63. The fourth-order valence-electron chi connectivity index (χ4n) is 1.84. The van der Waals surface area contributed by atoms with Crippen LogP contribution >= 0.6 is 0 Å². The summed E-state index contributed by atoms with van der Waals surface area (Å²) < 4.78 is 87.0. The van der Waals surface area contributed by atoms with Gasteiger partial charge in [-0.1, -0.05) is 6.07 Å². The number of rotatable bonds is 4. The molecule has 0 heterocycles. The molecule has 0 fully saturated rings. The van der Waals surface area contributed by atoms with Crippen LogP contribution in [-0.2, 0) is 26.0 Å². The van der Waals surface area contributed by atoms with Gasteiger partial charge in [0.2, 0.25) is 0 Å². The molecule has 0 radical (unpaired) electrons. The molecule has 24 heavy (non-hydrogen) atoms. The summed E-state index contributed by atoms with van der Waals surface area (Å²) in [7, 11) is -7.64. The fourth-order valence-corrected chi connectivity index (χ4v) is 3.52. The van der Waals surface area contributed by atoms with Gasteiger partial charge < -0.3 is 0 Å². The lowest BCUT2D eigenvalue weighted by molar-refractivity contribution is -0.137. The quantitative estimate of drug-likeness (QED) is 0.886. The maximum atomic E-state index is 12.6. The lowest BCUT2D eigenvalue weighted by atomic mass is 10.2. The number of sulfone groups is 1. The van der Waals surface area contributed by atoms with Crippen molar-refractivity contribution in [2.45, 2.75) is 16.0 Å². The summed E-state index contributed by atoms with van der Waals surface area (Å²) >= 11 is 0. The summed E-state index contributed by atoms with van der Waals surface area (Å²) in [5, 5.41) is 0. The Morgan fingerprint density at radius 1 is 0.875 bits per heavy atom. The normalized spacial score (nSPS) is 12.8. The second kappa shape index (κ2) is 6.10. The SMILES string of the molecule is CS(=O)(=O)c1ccc(S(=O)(=O)Nc2cccc(C(F)(F)F)c2)cc1. The molecule has 0 bridgehead atoms. The van der Waals surface area contributed by atoms with Gasteiger partial charge in [-0.15, -0.1) is 0 Å². The van der Waals surface area contributed by atoms with Crippen LogP contribution in [0.1, 0.15) is 5.56 Å². The highest BCUT2D eigenvalue weighted by atomic mass is 32.2. The average molecular weight is 379 g/mol. The molecule has 0 saturated carbocycles. The van der Waals surface area contributed by atoms with Gasteiger partial charge in [0, 0.05) is 11.9 Å². The molecule has 0 aliphatic carbocycles. The van der Waals surface area contributed by atoms with Crippen LogP contribution in [0.2, 0.25) is 0 Å². The highest BCUT2D eigenvalue weighted by Gasteiger charge is 2.30. The Labute approximate surface area is 137 Å². The van der Waals surface area contributed by atoms with E-state index in [4.69, 9.17) is 0 Å². The lowest BCUT2D eigenvalue weighted by Gasteiger charge is -2.11. The summed E-state index contributed by atoms with van der Waals surface area (Å²) in [6.45, 7) is 0. The van der Waals surface area contributed by atoms with E-state index < -0.39 is 31.6 Å². The van der Waals surface area contributed by atoms with Gasteiger partial charge in [-0.05, 0) is 42.5 Å². The van der Waals surface area contributed by atoms with Crippen LogP contribution in [0.15, 0.2) is 58.3 Å². The van der Waals surface area contributed by atoms with Crippen molar-refractivity contribution < 1.29 is 30.0 Å². The topological polar surface area (TPSA) is 80.3 Å². The monoisotopic (exact) mass is 379 g/mol. The van der Waals surface area contributed by atoms with Crippen LogP contribution in [0.25, 0.3) is 0 Å². The minimum absolute atomic E-state index is 0.0690. The number of hydrogen-bond donors (Lipinski definition) is 1. The van der Waals surface area contributed by atoms with Crippen LogP contribution < -0.4 is 4.72 Å². The second-order valence-electron chi connectivity index (χ2n) is 4.93. The Kier molecular flexibility index (Phi) is 4.64. The molecular formula is C14H12F3NO4S2. The minimum atomic E-state index is -4.60. The Hall–Kier alpha value is -2.07. The summed E-state index contributed by atoms with van der Waals surface area (Å²) in [5.41, 5.74) is -1.24. The van der Waals surface area contributed by atoms with Gasteiger partial charge in [0.1, 0.15) is 0 Å². The third-order valence-corrected chi connectivity index (χ3v) is 5.53. The van der Waals surface area contributed by atoms with Crippen molar-refractivity contribution in [1.29, 1.82) is 0 Å². The molecule has 2 aromatic rings. The Balaban J connectivity index is 2.32. The highest BCUT2D eigenvalue weighted by Crippen LogP contribution is 2.31. The van der Waals surface area contributed by atoms with Gasteiger partial charge in [0.25, 0.3) is 10.0 Å². The summed E-state index contributed by atoms with van der Waals surface area (Å²) in [5.74, 6) is 0. The molecule has 10 heteroatoms. The summed E-state index contributed by atoms with van der Waals surface area (Å²) in [4.78, 5) is -0.340. The van der Waals surface area contributed by atoms with Gasteiger partial charge in [-0.3, -0.25) is 4.72 Å². The molecule has 0 aliphatic heterocycles. The van der Waals surface area contributed by atoms with Crippen molar-refractivity contribution in [3.8, 4) is 0 Å². The summed E-state index contributed by atoms with van der Waals surface area (Å²) in [6, 6.07) is 8.08. The number of halogens is 3. The highest BCUT2D eigenvalue weighted by molar-refractivity contribution is 7.92. The molecule has 5 nitrogen and oxygen atoms in total. The standard InChI is InChI=1S/C14H12F3NO4S2/c1-23(19,20)12-5-7-13(8-6-12)24(21,22)18-11-4-2-3-10(9-11)14(15,16)17/h2-9,18H,1H3. The number of hydrogen-bond acceptors (Lipinski definition) is 4. The molecule has 130 valence electrons. The first-order valence-electron chi connectivity index (χ1n) is 6.40. The van der Waals surface area contributed by atoms with Crippen LogP contribution in [0.4, 0.5) is 18.9 Å². The molecule has 0 aromatic heterocycles. The van der Waals surface area contributed by atoms with Crippen molar-refractivity contribution in [1.82, 2.24) is 0 Å². The molecule has 0 aliphatic rings. The van der Waals surface area contributed by atoms with Crippen molar-refractivity contribution in [2.75, 3.05) is 11.0 Å². The maximum absolute atomic E-state index is 12.6. The Morgan fingerprint density at radius 2 is 1.42 bits per heavy atom. The van der Waals surface area contributed by atoms with Crippen LogP contribution in [-0.4, -0.2) is 23.1 Å². The first-order chi connectivity index (χ1) is 10.9. The van der Waals surface area contributed by atoms with Crippen molar-refractivity contribution in [2.24, 2.45) is 0 Å². The molecule has 1 N–H and O–H groups in total. The van der Waals surface area contributed by atoms with E-state index in [2.05, 4.69) is 0 Å². The van der Waals surface area contributed by atoms with E-state index in [-0.39, 0.29) is 15.5 Å². The van der Waals surface area contributed by atoms with E-state index in [1.165, 1.54) is 6.07 Å². The molecule has 0 spiro atoms. The van der Waals surface area contributed by atoms with Crippen LogP contribution in [0, 0.1) is 0 Å². The van der Waals surface area contributed by atoms with E-state index in [1.807, 2.05) is 4.72 Å². The molecule has 0 atom stereocenters. The zero-order valence-electron chi connectivity index (χ0n) is 12.2. The molecule has 2 aromatic carbocycles. The van der Waals surface area contributed by atoms with E-state index in [0.29, 0.717) is 6.07 Å². The van der Waals surface area contributed by atoms with Crippen molar-refractivity contribution in [3.63, 3.8) is 0 Å². The molecule has 0 unspecified atom stereocenters. The third-order valence-electron chi connectivity index (χ3n) is 3.00. The van der Waals surface area contributed by atoms with E-state index in [9.17, 15) is 30.0 Å². The smallest absolute Gasteiger partial charge is 0.280 e. The molecule has 0 amide bonds. The molecule has 0 saturated heterocycles. The van der Waals surface area contributed by atoms with Gasteiger partial charge in [-0.25, -0.2) is 16.8 Å². The molecule has 2 rings (SSSR count). The van der Waals surface area contributed by atoms with Gasteiger partial charge in [0.15, 0.2) is 9.84 Å². The van der Waals surface area contributed by atoms with Crippen molar-refractivity contribution >= 4 is 25.5 Å². The maximum Gasteiger partial charge on any atom is 0.416 e. The predicted molar refractivity (Wildman–Crippen MR) is 81.8 cm³/mol. The van der Waals surface area contributed by atoms with Gasteiger partial charge >= 0.3 is 6.18 Å². The molecular weight excluding hydrogens is 367 g/mol. The Morgan fingerprint density at radius 3 is 1.92 bits per heavy atom. The first-order valence-corrected chi connectivity index (χ1v) is 9.77. The van der Waals surface area contributed by atoms with E-state index in [1.54, 1.807) is 0 Å².